The lowest BCUT2D eigenvalue weighted by Gasteiger charge is -2.27. The van der Waals surface area contributed by atoms with Crippen molar-refractivity contribution in [1.82, 2.24) is 4.90 Å². The number of aliphatic hydroxyl groups excluding tert-OH is 1. The molecule has 1 aliphatic rings. The van der Waals surface area contributed by atoms with Crippen LogP contribution in [0.1, 0.15) is 24.8 Å². The molecule has 0 radical (unpaired) electrons. The third-order valence-electron chi connectivity index (χ3n) is 4.18. The normalized spacial score (nSPS) is 21.9. The molecule has 1 aromatic rings. The Morgan fingerprint density at radius 2 is 2.05 bits per heavy atom. The predicted octanol–water partition coefficient (Wildman–Crippen LogP) is 1.38. The molecule has 0 heterocycles. The fourth-order valence-corrected chi connectivity index (χ4v) is 3.07. The third kappa shape index (κ3) is 3.58. The van der Waals surface area contributed by atoms with Crippen LogP contribution in [-0.4, -0.2) is 35.6 Å². The average molecular weight is 276 g/mol. The van der Waals surface area contributed by atoms with E-state index in [1.807, 2.05) is 30.3 Å². The van der Waals surface area contributed by atoms with Crippen LogP contribution in [0.15, 0.2) is 30.3 Å². The van der Waals surface area contributed by atoms with E-state index >= 15 is 0 Å². The standard InChI is InChI=1S/C16H24N2O2/c17-11-14-7-4-8-15(14)16(20)18(9-10-19)12-13-5-2-1-3-6-13/h1-3,5-6,14-15,19H,4,7-12,17H2. The van der Waals surface area contributed by atoms with Gasteiger partial charge in [0.1, 0.15) is 0 Å². The molecule has 3 N–H and O–H groups in total. The van der Waals surface area contributed by atoms with Crippen molar-refractivity contribution in [3.63, 3.8) is 0 Å². The Hall–Kier alpha value is -1.39. The number of hydrogen-bond acceptors (Lipinski definition) is 3. The Bertz CT molecular complexity index is 422. The summed E-state index contributed by atoms with van der Waals surface area (Å²) in [6, 6.07) is 9.91. The van der Waals surface area contributed by atoms with Crippen molar-refractivity contribution in [3.05, 3.63) is 35.9 Å². The fraction of sp³-hybridized carbons (Fsp3) is 0.562. The summed E-state index contributed by atoms with van der Waals surface area (Å²) in [5, 5.41) is 9.21. The number of nitrogens with zero attached hydrogens (tertiary/aromatic N) is 1. The van der Waals surface area contributed by atoms with Gasteiger partial charge in [-0.1, -0.05) is 36.8 Å². The van der Waals surface area contributed by atoms with E-state index in [9.17, 15) is 9.90 Å². The second-order valence-electron chi connectivity index (χ2n) is 5.50. The summed E-state index contributed by atoms with van der Waals surface area (Å²) >= 11 is 0. The van der Waals surface area contributed by atoms with E-state index < -0.39 is 0 Å². The molecule has 1 aromatic carbocycles. The van der Waals surface area contributed by atoms with Gasteiger partial charge in [-0.15, -0.1) is 0 Å². The monoisotopic (exact) mass is 276 g/mol. The first kappa shape index (κ1) is 15.0. The van der Waals surface area contributed by atoms with Gasteiger partial charge in [0.25, 0.3) is 0 Å². The van der Waals surface area contributed by atoms with E-state index in [2.05, 4.69) is 0 Å². The van der Waals surface area contributed by atoms with Gasteiger partial charge in [0.05, 0.1) is 6.61 Å². The molecule has 1 saturated carbocycles. The van der Waals surface area contributed by atoms with Gasteiger partial charge in [-0.3, -0.25) is 4.79 Å². The number of nitrogens with two attached hydrogens (primary N) is 1. The lowest BCUT2D eigenvalue weighted by atomic mass is 9.94. The van der Waals surface area contributed by atoms with Crippen molar-refractivity contribution in [2.75, 3.05) is 19.7 Å². The van der Waals surface area contributed by atoms with Gasteiger partial charge in [-0.2, -0.15) is 0 Å². The number of carbonyl (C=O) groups excluding carboxylic acids is 1. The Morgan fingerprint density at radius 1 is 1.30 bits per heavy atom. The highest BCUT2D eigenvalue weighted by Crippen LogP contribution is 2.32. The molecule has 2 atom stereocenters. The number of rotatable bonds is 6. The molecule has 2 unspecified atom stereocenters. The molecule has 0 aromatic heterocycles. The van der Waals surface area contributed by atoms with Crippen molar-refractivity contribution in [1.29, 1.82) is 0 Å². The van der Waals surface area contributed by atoms with Gasteiger partial charge in [-0.05, 0) is 30.9 Å². The number of benzene rings is 1. The lowest BCUT2D eigenvalue weighted by molar-refractivity contribution is -0.137. The van der Waals surface area contributed by atoms with Gasteiger partial charge in [-0.25, -0.2) is 0 Å². The number of amides is 1. The summed E-state index contributed by atoms with van der Waals surface area (Å²) in [7, 11) is 0. The molecule has 0 spiro atoms. The maximum atomic E-state index is 12.7. The highest BCUT2D eigenvalue weighted by Gasteiger charge is 2.34. The summed E-state index contributed by atoms with van der Waals surface area (Å²) in [6.45, 7) is 1.53. The Kier molecular flexibility index (Phi) is 5.56. The summed E-state index contributed by atoms with van der Waals surface area (Å²) in [6.07, 6.45) is 3.05. The molecule has 0 saturated heterocycles. The van der Waals surface area contributed by atoms with Gasteiger partial charge in [0.2, 0.25) is 5.91 Å². The first-order chi connectivity index (χ1) is 9.76. The fourth-order valence-electron chi connectivity index (χ4n) is 3.07. The number of hydrogen-bond donors (Lipinski definition) is 2. The minimum Gasteiger partial charge on any atom is -0.395 e. The van der Waals surface area contributed by atoms with Crippen LogP contribution in [0.25, 0.3) is 0 Å². The predicted molar refractivity (Wildman–Crippen MR) is 78.8 cm³/mol. The van der Waals surface area contributed by atoms with Crippen LogP contribution in [0.2, 0.25) is 0 Å². The molecule has 4 heteroatoms. The second kappa shape index (κ2) is 7.41. The molecular formula is C16H24N2O2. The molecule has 1 fully saturated rings. The largest absolute Gasteiger partial charge is 0.395 e. The van der Waals surface area contributed by atoms with Gasteiger partial charge >= 0.3 is 0 Å². The van der Waals surface area contributed by atoms with Crippen molar-refractivity contribution in [2.24, 2.45) is 17.6 Å². The number of aliphatic hydroxyl groups is 1. The van der Waals surface area contributed by atoms with Gasteiger partial charge in [0, 0.05) is 19.0 Å². The number of carbonyl (C=O) groups is 1. The van der Waals surface area contributed by atoms with E-state index in [1.54, 1.807) is 4.90 Å². The molecule has 1 amide bonds. The van der Waals surface area contributed by atoms with Crippen molar-refractivity contribution in [2.45, 2.75) is 25.8 Å². The highest BCUT2D eigenvalue weighted by atomic mass is 16.3. The maximum Gasteiger partial charge on any atom is 0.226 e. The quantitative estimate of drug-likeness (QED) is 0.825. The van der Waals surface area contributed by atoms with Gasteiger partial charge in [0.15, 0.2) is 0 Å². The highest BCUT2D eigenvalue weighted by molar-refractivity contribution is 5.79. The van der Waals surface area contributed by atoms with E-state index in [0.717, 1.165) is 24.8 Å². The first-order valence-corrected chi connectivity index (χ1v) is 7.40. The van der Waals surface area contributed by atoms with Crippen LogP contribution in [0.5, 0.6) is 0 Å². The van der Waals surface area contributed by atoms with E-state index in [-0.39, 0.29) is 18.4 Å². The average Bonchev–Trinajstić information content (AvgIpc) is 2.95. The molecule has 2 rings (SSSR count). The molecule has 20 heavy (non-hydrogen) atoms. The summed E-state index contributed by atoms with van der Waals surface area (Å²) in [5.74, 6) is 0.491. The Morgan fingerprint density at radius 3 is 2.70 bits per heavy atom. The molecule has 110 valence electrons. The topological polar surface area (TPSA) is 66.6 Å². The molecular weight excluding hydrogens is 252 g/mol. The minimum absolute atomic E-state index is 0.00140. The van der Waals surface area contributed by atoms with E-state index in [1.165, 1.54) is 0 Å². The van der Waals surface area contributed by atoms with Crippen LogP contribution in [0, 0.1) is 11.8 Å². The Balaban J connectivity index is 2.05. The lowest BCUT2D eigenvalue weighted by Crippen LogP contribution is -2.40. The SMILES string of the molecule is NCC1CCCC1C(=O)N(CCO)Cc1ccccc1. The zero-order chi connectivity index (χ0) is 14.4. The van der Waals surface area contributed by atoms with Gasteiger partial charge < -0.3 is 15.7 Å². The zero-order valence-electron chi connectivity index (χ0n) is 11.9. The van der Waals surface area contributed by atoms with Crippen LogP contribution in [0.3, 0.4) is 0 Å². The molecule has 1 aliphatic carbocycles. The van der Waals surface area contributed by atoms with Crippen molar-refractivity contribution in [3.8, 4) is 0 Å². The van der Waals surface area contributed by atoms with Crippen LogP contribution in [-0.2, 0) is 11.3 Å². The van der Waals surface area contributed by atoms with Crippen molar-refractivity contribution < 1.29 is 9.90 Å². The molecule has 4 nitrogen and oxygen atoms in total. The summed E-state index contributed by atoms with van der Waals surface area (Å²) < 4.78 is 0. The van der Waals surface area contributed by atoms with Crippen molar-refractivity contribution >= 4 is 5.91 Å². The smallest absolute Gasteiger partial charge is 0.226 e. The van der Waals surface area contributed by atoms with Crippen LogP contribution < -0.4 is 5.73 Å². The molecule has 0 aliphatic heterocycles. The maximum absolute atomic E-state index is 12.7. The third-order valence-corrected chi connectivity index (χ3v) is 4.18. The summed E-state index contributed by atoms with van der Waals surface area (Å²) in [4.78, 5) is 14.4. The zero-order valence-corrected chi connectivity index (χ0v) is 11.9. The second-order valence-corrected chi connectivity index (χ2v) is 5.50. The van der Waals surface area contributed by atoms with Crippen LogP contribution >= 0.6 is 0 Å². The Labute approximate surface area is 120 Å². The van der Waals surface area contributed by atoms with E-state index in [4.69, 9.17) is 5.73 Å². The summed E-state index contributed by atoms with van der Waals surface area (Å²) in [5.41, 5.74) is 6.86. The van der Waals surface area contributed by atoms with E-state index in [0.29, 0.717) is 25.6 Å². The van der Waals surface area contributed by atoms with Crippen LogP contribution in [0.4, 0.5) is 0 Å². The first-order valence-electron chi connectivity index (χ1n) is 7.40. The molecule has 0 bridgehead atoms. The minimum atomic E-state index is -0.00140.